The molecule has 0 spiro atoms. The number of hydrogen-bond donors (Lipinski definition) is 2. The van der Waals surface area contributed by atoms with Crippen LogP contribution in [0.5, 0.6) is 0 Å². The van der Waals surface area contributed by atoms with Crippen LogP contribution in [0.15, 0.2) is 34.7 Å². The first-order chi connectivity index (χ1) is 9.90. The molecule has 0 saturated carbocycles. The standard InChI is InChI=1S/C12H11FN2O4S2/c13-9-2-1-8(12(16)17)7-10(9)21(18,19)15-4-3-11-14-5-6-20-11/h1-2,5-7,15H,3-4H2,(H,16,17). The summed E-state index contributed by atoms with van der Waals surface area (Å²) >= 11 is 1.38. The molecule has 0 aliphatic heterocycles. The minimum Gasteiger partial charge on any atom is -0.478 e. The SMILES string of the molecule is O=C(O)c1ccc(F)c(S(=O)(=O)NCCc2nccs2)c1. The largest absolute Gasteiger partial charge is 0.478 e. The maximum atomic E-state index is 13.6. The highest BCUT2D eigenvalue weighted by Crippen LogP contribution is 2.16. The van der Waals surface area contributed by atoms with Gasteiger partial charge >= 0.3 is 5.97 Å². The lowest BCUT2D eigenvalue weighted by Gasteiger charge is -2.07. The van der Waals surface area contributed by atoms with Gasteiger partial charge in [-0.3, -0.25) is 0 Å². The first-order valence-electron chi connectivity index (χ1n) is 5.81. The van der Waals surface area contributed by atoms with Crippen LogP contribution in [0.4, 0.5) is 4.39 Å². The molecule has 1 aromatic carbocycles. The van der Waals surface area contributed by atoms with Crippen LogP contribution in [0.2, 0.25) is 0 Å². The molecule has 0 aliphatic rings. The van der Waals surface area contributed by atoms with Gasteiger partial charge in [0.05, 0.1) is 10.6 Å². The maximum Gasteiger partial charge on any atom is 0.335 e. The fourth-order valence-corrected chi connectivity index (χ4v) is 3.34. The highest BCUT2D eigenvalue weighted by molar-refractivity contribution is 7.89. The Hall–Kier alpha value is -1.84. The van der Waals surface area contributed by atoms with Crippen LogP contribution in [0.1, 0.15) is 15.4 Å². The molecule has 6 nitrogen and oxygen atoms in total. The number of nitrogens with one attached hydrogen (secondary N) is 1. The number of aromatic carboxylic acids is 1. The summed E-state index contributed by atoms with van der Waals surface area (Å²) in [5, 5.41) is 11.3. The Morgan fingerprint density at radius 3 is 2.81 bits per heavy atom. The van der Waals surface area contributed by atoms with Crippen molar-refractivity contribution in [3.63, 3.8) is 0 Å². The Bertz CT molecular complexity index is 745. The van der Waals surface area contributed by atoms with Crippen molar-refractivity contribution in [2.24, 2.45) is 0 Å². The second-order valence-corrected chi connectivity index (χ2v) is 6.74. The maximum absolute atomic E-state index is 13.6. The quantitative estimate of drug-likeness (QED) is 0.837. The zero-order valence-electron chi connectivity index (χ0n) is 10.6. The zero-order chi connectivity index (χ0) is 15.5. The number of carboxylic acid groups (broad SMARTS) is 1. The number of thiazole rings is 1. The van der Waals surface area contributed by atoms with Crippen LogP contribution in [0.3, 0.4) is 0 Å². The van der Waals surface area contributed by atoms with Gasteiger partial charge in [-0.05, 0) is 18.2 Å². The van der Waals surface area contributed by atoms with Gasteiger partial charge in [0.1, 0.15) is 10.7 Å². The van der Waals surface area contributed by atoms with Crippen LogP contribution in [0, 0.1) is 5.82 Å². The van der Waals surface area contributed by atoms with E-state index in [9.17, 15) is 17.6 Å². The molecule has 0 bridgehead atoms. The van der Waals surface area contributed by atoms with E-state index in [2.05, 4.69) is 9.71 Å². The highest BCUT2D eigenvalue weighted by Gasteiger charge is 2.20. The Kier molecular flexibility index (Phi) is 4.66. The summed E-state index contributed by atoms with van der Waals surface area (Å²) in [6.45, 7) is 0.0482. The number of hydrogen-bond acceptors (Lipinski definition) is 5. The number of carboxylic acids is 1. The average Bonchev–Trinajstić information content (AvgIpc) is 2.91. The van der Waals surface area contributed by atoms with Crippen molar-refractivity contribution in [2.75, 3.05) is 6.54 Å². The first kappa shape index (κ1) is 15.5. The van der Waals surface area contributed by atoms with E-state index in [4.69, 9.17) is 5.11 Å². The van der Waals surface area contributed by atoms with E-state index in [1.165, 1.54) is 11.3 Å². The Balaban J connectivity index is 2.15. The fraction of sp³-hybridized carbons (Fsp3) is 0.167. The molecule has 1 heterocycles. The molecule has 2 rings (SSSR count). The summed E-state index contributed by atoms with van der Waals surface area (Å²) in [5.41, 5.74) is -0.295. The molecule has 9 heteroatoms. The van der Waals surface area contributed by atoms with Gasteiger partial charge in [-0.2, -0.15) is 0 Å². The van der Waals surface area contributed by atoms with E-state index in [-0.39, 0.29) is 12.1 Å². The normalized spacial score (nSPS) is 11.5. The van der Waals surface area contributed by atoms with Crippen LogP contribution in [-0.2, 0) is 16.4 Å². The van der Waals surface area contributed by atoms with Gasteiger partial charge < -0.3 is 5.11 Å². The molecule has 2 N–H and O–H groups in total. The van der Waals surface area contributed by atoms with E-state index in [0.717, 1.165) is 23.2 Å². The van der Waals surface area contributed by atoms with Crippen LogP contribution >= 0.6 is 11.3 Å². The van der Waals surface area contributed by atoms with E-state index in [0.29, 0.717) is 6.42 Å². The number of sulfonamides is 1. The van der Waals surface area contributed by atoms with Gasteiger partial charge in [0.15, 0.2) is 0 Å². The topological polar surface area (TPSA) is 96.4 Å². The number of nitrogens with zero attached hydrogens (tertiary/aromatic N) is 1. The summed E-state index contributed by atoms with van der Waals surface area (Å²) in [6.07, 6.45) is 1.97. The van der Waals surface area contributed by atoms with E-state index < -0.39 is 26.7 Å². The van der Waals surface area contributed by atoms with Crippen LogP contribution < -0.4 is 4.72 Å². The second kappa shape index (κ2) is 6.29. The molecule has 0 atom stereocenters. The second-order valence-electron chi connectivity index (χ2n) is 4.02. The van der Waals surface area contributed by atoms with Crippen LogP contribution in [0.25, 0.3) is 0 Å². The molecule has 112 valence electrons. The predicted molar refractivity (Wildman–Crippen MR) is 74.4 cm³/mol. The molecule has 0 saturated heterocycles. The summed E-state index contributed by atoms with van der Waals surface area (Å²) < 4.78 is 39.8. The van der Waals surface area contributed by atoms with E-state index >= 15 is 0 Å². The summed E-state index contributed by atoms with van der Waals surface area (Å²) in [4.78, 5) is 14.1. The van der Waals surface area contributed by atoms with Crippen molar-refractivity contribution >= 4 is 27.3 Å². The molecule has 0 amide bonds. The number of benzene rings is 1. The number of halogens is 1. The van der Waals surface area contributed by atoms with E-state index in [1.807, 2.05) is 0 Å². The van der Waals surface area contributed by atoms with Crippen molar-refractivity contribution in [3.05, 3.63) is 46.2 Å². The number of aromatic nitrogens is 1. The van der Waals surface area contributed by atoms with Crippen molar-refractivity contribution < 1.29 is 22.7 Å². The van der Waals surface area contributed by atoms with E-state index in [1.54, 1.807) is 11.6 Å². The highest BCUT2D eigenvalue weighted by atomic mass is 32.2. The zero-order valence-corrected chi connectivity index (χ0v) is 12.2. The number of rotatable bonds is 6. The molecule has 0 aliphatic carbocycles. The van der Waals surface area contributed by atoms with Gasteiger partial charge in [-0.15, -0.1) is 11.3 Å². The molecule has 0 unspecified atom stereocenters. The minimum absolute atomic E-state index is 0.0482. The van der Waals surface area contributed by atoms with Crippen molar-refractivity contribution in [1.82, 2.24) is 9.71 Å². The van der Waals surface area contributed by atoms with Crippen molar-refractivity contribution in [2.45, 2.75) is 11.3 Å². The van der Waals surface area contributed by atoms with Gasteiger partial charge in [0.2, 0.25) is 10.0 Å². The molecular formula is C12H11FN2O4S2. The summed E-state index contributed by atoms with van der Waals surface area (Å²) in [5.74, 6) is -2.32. The van der Waals surface area contributed by atoms with Gasteiger partial charge in [0.25, 0.3) is 0 Å². The lowest BCUT2D eigenvalue weighted by atomic mass is 10.2. The smallest absolute Gasteiger partial charge is 0.335 e. The Labute approximate surface area is 124 Å². The minimum atomic E-state index is -4.11. The lowest BCUT2D eigenvalue weighted by Crippen LogP contribution is -2.27. The monoisotopic (exact) mass is 330 g/mol. The average molecular weight is 330 g/mol. The third kappa shape index (κ3) is 3.84. The molecule has 0 radical (unpaired) electrons. The predicted octanol–water partition coefficient (Wildman–Crippen LogP) is 1.50. The molecule has 2 aromatic rings. The fourth-order valence-electron chi connectivity index (χ4n) is 1.59. The third-order valence-corrected chi connectivity index (χ3v) is 4.90. The number of carbonyl (C=O) groups is 1. The molecule has 1 aromatic heterocycles. The van der Waals surface area contributed by atoms with Gasteiger partial charge in [-0.1, -0.05) is 0 Å². The van der Waals surface area contributed by atoms with Crippen LogP contribution in [-0.4, -0.2) is 31.0 Å². The molecular weight excluding hydrogens is 319 g/mol. The third-order valence-electron chi connectivity index (χ3n) is 2.58. The van der Waals surface area contributed by atoms with Crippen molar-refractivity contribution in [1.29, 1.82) is 0 Å². The Morgan fingerprint density at radius 1 is 1.43 bits per heavy atom. The lowest BCUT2D eigenvalue weighted by molar-refractivity contribution is 0.0696. The first-order valence-corrected chi connectivity index (χ1v) is 8.17. The summed E-state index contributed by atoms with van der Waals surface area (Å²) in [6, 6.07) is 2.62. The summed E-state index contributed by atoms with van der Waals surface area (Å²) in [7, 11) is -4.11. The van der Waals surface area contributed by atoms with Gasteiger partial charge in [-0.25, -0.2) is 27.3 Å². The Morgan fingerprint density at radius 2 is 2.19 bits per heavy atom. The van der Waals surface area contributed by atoms with Crippen molar-refractivity contribution in [3.8, 4) is 0 Å². The molecule has 21 heavy (non-hydrogen) atoms. The van der Waals surface area contributed by atoms with Gasteiger partial charge in [0, 0.05) is 24.5 Å². The molecule has 0 fully saturated rings.